The predicted octanol–water partition coefficient (Wildman–Crippen LogP) is 5.47. The monoisotopic (exact) mass is 501 g/mol. The quantitative estimate of drug-likeness (QED) is 0.463. The summed E-state index contributed by atoms with van der Waals surface area (Å²) in [6.45, 7) is 5.36. The molecule has 1 saturated heterocycles. The van der Waals surface area contributed by atoms with Crippen molar-refractivity contribution in [3.8, 4) is 0 Å². The van der Waals surface area contributed by atoms with Gasteiger partial charge < -0.3 is 9.80 Å². The zero-order valence-corrected chi connectivity index (χ0v) is 20.7. The number of benzene rings is 3. The minimum absolute atomic E-state index is 0. The van der Waals surface area contributed by atoms with Crippen LogP contribution in [0.2, 0.25) is 0 Å². The molecule has 0 aromatic heterocycles. The molecule has 0 unspecified atom stereocenters. The fourth-order valence-corrected chi connectivity index (χ4v) is 4.69. The Balaban J connectivity index is 0.00000162. The number of piperazine rings is 1. The number of anilines is 2. The Labute approximate surface area is 213 Å². The number of fused-ring (bicyclic) bond motifs is 1. The van der Waals surface area contributed by atoms with Crippen molar-refractivity contribution in [2.24, 2.45) is 0 Å². The normalized spacial score (nSPS) is 15.9. The summed E-state index contributed by atoms with van der Waals surface area (Å²) in [5.41, 5.74) is 5.83. The number of nitrogens with zero attached hydrogens (tertiary/aromatic N) is 3. The van der Waals surface area contributed by atoms with Crippen LogP contribution in [0.15, 0.2) is 72.8 Å². The summed E-state index contributed by atoms with van der Waals surface area (Å²) in [4.78, 5) is 19.4. The van der Waals surface area contributed by atoms with Crippen LogP contribution in [0, 0.1) is 5.82 Å². The van der Waals surface area contributed by atoms with E-state index < -0.39 is 0 Å². The van der Waals surface area contributed by atoms with E-state index in [1.54, 1.807) is 0 Å². The molecule has 2 heterocycles. The minimum atomic E-state index is -0.185. The molecule has 0 saturated carbocycles. The van der Waals surface area contributed by atoms with Crippen LogP contribution in [0.4, 0.5) is 15.8 Å². The zero-order chi connectivity index (χ0) is 21.9. The topological polar surface area (TPSA) is 26.8 Å². The highest BCUT2D eigenvalue weighted by molar-refractivity contribution is 5.96. The molecule has 3 aromatic carbocycles. The summed E-state index contributed by atoms with van der Waals surface area (Å²) in [5.74, 6) is 0.0125. The number of carbonyl (C=O) groups excluding carboxylic acids is 1. The van der Waals surface area contributed by atoms with Gasteiger partial charge in [-0.2, -0.15) is 0 Å². The average molecular weight is 502 g/mol. The van der Waals surface area contributed by atoms with E-state index in [2.05, 4.69) is 40.1 Å². The maximum Gasteiger partial charge on any atom is 0.227 e. The first-order valence-corrected chi connectivity index (χ1v) is 11.3. The molecule has 0 bridgehead atoms. The molecule has 4 nitrogen and oxygen atoms in total. The maximum atomic E-state index is 13.1. The Morgan fingerprint density at radius 2 is 1.41 bits per heavy atom. The lowest BCUT2D eigenvalue weighted by atomic mass is 9.99. The minimum Gasteiger partial charge on any atom is -0.369 e. The fraction of sp³-hybridized carbons (Fsp3) is 0.296. The van der Waals surface area contributed by atoms with Crippen LogP contribution in [0.3, 0.4) is 0 Å². The van der Waals surface area contributed by atoms with Gasteiger partial charge in [-0.15, -0.1) is 24.8 Å². The molecule has 0 atom stereocenters. The number of aryl methyl sites for hydroxylation is 1. The predicted molar refractivity (Wildman–Crippen MR) is 141 cm³/mol. The SMILES string of the molecule is Cl.Cl.O=C1CCc2cc(N3CCN(Cc4ccc(F)cc4)CC3)ccc2N1Cc1ccccc1. The molecule has 180 valence electrons. The Morgan fingerprint density at radius 3 is 2.12 bits per heavy atom. The van der Waals surface area contributed by atoms with Crippen molar-refractivity contribution in [2.75, 3.05) is 36.0 Å². The van der Waals surface area contributed by atoms with Gasteiger partial charge in [0.15, 0.2) is 0 Å². The van der Waals surface area contributed by atoms with E-state index in [9.17, 15) is 9.18 Å². The van der Waals surface area contributed by atoms with Crippen LogP contribution in [-0.2, 0) is 24.3 Å². The molecule has 7 heteroatoms. The van der Waals surface area contributed by atoms with Crippen molar-refractivity contribution >= 4 is 42.1 Å². The summed E-state index contributed by atoms with van der Waals surface area (Å²) >= 11 is 0. The molecule has 0 aliphatic carbocycles. The molecule has 34 heavy (non-hydrogen) atoms. The highest BCUT2D eigenvalue weighted by Gasteiger charge is 2.26. The Bertz CT molecular complexity index is 1090. The number of hydrogen-bond acceptors (Lipinski definition) is 3. The molecule has 0 N–H and O–H groups in total. The van der Waals surface area contributed by atoms with Gasteiger partial charge in [0, 0.05) is 50.5 Å². The first-order chi connectivity index (χ1) is 15.7. The third-order valence-corrected chi connectivity index (χ3v) is 6.50. The van der Waals surface area contributed by atoms with Crippen LogP contribution in [0.5, 0.6) is 0 Å². The fourth-order valence-electron chi connectivity index (χ4n) is 4.69. The number of carbonyl (C=O) groups is 1. The van der Waals surface area contributed by atoms with E-state index in [1.165, 1.54) is 23.4 Å². The van der Waals surface area contributed by atoms with Crippen LogP contribution in [0.1, 0.15) is 23.1 Å². The van der Waals surface area contributed by atoms with E-state index in [0.717, 1.165) is 56.0 Å². The van der Waals surface area contributed by atoms with Crippen molar-refractivity contribution in [3.63, 3.8) is 0 Å². The molecule has 0 radical (unpaired) electrons. The van der Waals surface area contributed by atoms with Gasteiger partial charge in [0.2, 0.25) is 5.91 Å². The standard InChI is InChI=1S/C27H28FN3O.2ClH/c28-24-9-6-22(7-10-24)19-29-14-16-30(17-15-29)25-11-12-26-23(18-25)8-13-27(32)31(26)20-21-4-2-1-3-5-21;;/h1-7,9-12,18H,8,13-17,19-20H2;2*1H. The number of hydrogen-bond donors (Lipinski definition) is 0. The van der Waals surface area contributed by atoms with E-state index in [-0.39, 0.29) is 36.5 Å². The van der Waals surface area contributed by atoms with Crippen molar-refractivity contribution in [2.45, 2.75) is 25.9 Å². The van der Waals surface area contributed by atoms with Gasteiger partial charge >= 0.3 is 0 Å². The Morgan fingerprint density at radius 1 is 0.735 bits per heavy atom. The summed E-state index contributed by atoms with van der Waals surface area (Å²) in [5, 5.41) is 0. The lowest BCUT2D eigenvalue weighted by molar-refractivity contribution is -0.119. The van der Waals surface area contributed by atoms with Crippen molar-refractivity contribution in [1.82, 2.24) is 4.90 Å². The Hall–Kier alpha value is -2.60. The molecular weight excluding hydrogens is 472 g/mol. The van der Waals surface area contributed by atoms with Gasteiger partial charge in [-0.05, 0) is 53.4 Å². The lowest BCUT2D eigenvalue weighted by Crippen LogP contribution is -2.46. The second kappa shape index (κ2) is 11.7. The van der Waals surface area contributed by atoms with E-state index in [0.29, 0.717) is 13.0 Å². The summed E-state index contributed by atoms with van der Waals surface area (Å²) in [6, 6.07) is 23.5. The first-order valence-electron chi connectivity index (χ1n) is 11.3. The molecule has 1 amide bonds. The van der Waals surface area contributed by atoms with Crippen LogP contribution in [-0.4, -0.2) is 37.0 Å². The average Bonchev–Trinajstić information content (AvgIpc) is 2.83. The van der Waals surface area contributed by atoms with Gasteiger partial charge in [-0.25, -0.2) is 4.39 Å². The molecule has 5 rings (SSSR count). The summed E-state index contributed by atoms with van der Waals surface area (Å²) in [6.07, 6.45) is 1.37. The van der Waals surface area contributed by atoms with Gasteiger partial charge in [-0.3, -0.25) is 9.69 Å². The highest BCUT2D eigenvalue weighted by atomic mass is 35.5. The molecule has 2 aliphatic rings. The largest absolute Gasteiger partial charge is 0.369 e. The zero-order valence-electron chi connectivity index (χ0n) is 19.0. The highest BCUT2D eigenvalue weighted by Crippen LogP contribution is 2.33. The first kappa shape index (κ1) is 26.0. The van der Waals surface area contributed by atoms with E-state index >= 15 is 0 Å². The summed E-state index contributed by atoms with van der Waals surface area (Å²) < 4.78 is 13.1. The second-order valence-corrected chi connectivity index (χ2v) is 8.67. The van der Waals surface area contributed by atoms with Gasteiger partial charge in [0.05, 0.1) is 6.54 Å². The smallest absolute Gasteiger partial charge is 0.227 e. The van der Waals surface area contributed by atoms with Gasteiger partial charge in [-0.1, -0.05) is 42.5 Å². The second-order valence-electron chi connectivity index (χ2n) is 8.67. The molecule has 1 fully saturated rings. The molecule has 2 aliphatic heterocycles. The van der Waals surface area contributed by atoms with Crippen LogP contribution >= 0.6 is 24.8 Å². The Kier molecular flexibility index (Phi) is 8.95. The molecular formula is C27H30Cl2FN3O. The maximum absolute atomic E-state index is 13.1. The van der Waals surface area contributed by atoms with Crippen LogP contribution in [0.25, 0.3) is 0 Å². The van der Waals surface area contributed by atoms with E-state index in [4.69, 9.17) is 0 Å². The number of rotatable bonds is 5. The summed E-state index contributed by atoms with van der Waals surface area (Å²) in [7, 11) is 0. The third-order valence-electron chi connectivity index (χ3n) is 6.50. The van der Waals surface area contributed by atoms with Gasteiger partial charge in [0.25, 0.3) is 0 Å². The number of amides is 1. The lowest BCUT2D eigenvalue weighted by Gasteiger charge is -2.37. The third kappa shape index (κ3) is 5.90. The molecule has 3 aromatic rings. The van der Waals surface area contributed by atoms with Gasteiger partial charge in [0.1, 0.15) is 5.82 Å². The van der Waals surface area contributed by atoms with Crippen LogP contribution < -0.4 is 9.80 Å². The van der Waals surface area contributed by atoms with Crippen molar-refractivity contribution < 1.29 is 9.18 Å². The number of halogens is 3. The van der Waals surface area contributed by atoms with E-state index in [1.807, 2.05) is 35.2 Å². The van der Waals surface area contributed by atoms with Crippen molar-refractivity contribution in [1.29, 1.82) is 0 Å². The molecule has 0 spiro atoms. The van der Waals surface area contributed by atoms with Crippen molar-refractivity contribution in [3.05, 3.63) is 95.3 Å².